The number of nitrogens with one attached hydrogen (secondary N) is 2. The fourth-order valence-corrected chi connectivity index (χ4v) is 1.81. The molecule has 0 spiro atoms. The Bertz CT molecular complexity index is 497. The number of carboxylic acid groups (broad SMARTS) is 1. The predicted octanol–water partition coefficient (Wildman–Crippen LogP) is 3.35. The number of para-hydroxylation sites is 1. The SMILES string of the molecule is CC(C)(C)C(CC(=O)O)NC(=O)Nc1ccccc1Cl. The fourth-order valence-electron chi connectivity index (χ4n) is 1.63. The molecule has 0 bridgehead atoms. The van der Waals surface area contributed by atoms with Crippen LogP contribution in [0.3, 0.4) is 0 Å². The van der Waals surface area contributed by atoms with Gasteiger partial charge < -0.3 is 15.7 Å². The smallest absolute Gasteiger partial charge is 0.319 e. The molecule has 0 heterocycles. The van der Waals surface area contributed by atoms with E-state index < -0.39 is 18.0 Å². The molecule has 1 unspecified atom stereocenters. The number of hydrogen-bond acceptors (Lipinski definition) is 2. The van der Waals surface area contributed by atoms with Crippen molar-refractivity contribution in [3.05, 3.63) is 29.3 Å². The molecule has 0 saturated carbocycles. The summed E-state index contributed by atoms with van der Waals surface area (Å²) < 4.78 is 0. The third-order valence-corrected chi connectivity index (χ3v) is 3.18. The number of carbonyl (C=O) groups excluding carboxylic acids is 1. The van der Waals surface area contributed by atoms with Gasteiger partial charge in [-0.2, -0.15) is 0 Å². The summed E-state index contributed by atoms with van der Waals surface area (Å²) in [6, 6.07) is 5.89. The summed E-state index contributed by atoms with van der Waals surface area (Å²) in [5.74, 6) is -0.956. The Kier molecular flexibility index (Phi) is 5.39. The van der Waals surface area contributed by atoms with E-state index in [0.29, 0.717) is 10.7 Å². The number of amides is 2. The highest BCUT2D eigenvalue weighted by Crippen LogP contribution is 2.23. The third-order valence-electron chi connectivity index (χ3n) is 2.85. The molecule has 0 aliphatic heterocycles. The van der Waals surface area contributed by atoms with Crippen LogP contribution in [-0.4, -0.2) is 23.1 Å². The molecule has 0 aliphatic carbocycles. The maximum Gasteiger partial charge on any atom is 0.319 e. The highest BCUT2D eigenvalue weighted by atomic mass is 35.5. The van der Waals surface area contributed by atoms with Gasteiger partial charge in [-0.1, -0.05) is 44.5 Å². The minimum Gasteiger partial charge on any atom is -0.481 e. The van der Waals surface area contributed by atoms with Gasteiger partial charge in [0, 0.05) is 6.04 Å². The van der Waals surface area contributed by atoms with Gasteiger partial charge in [0.15, 0.2) is 0 Å². The maximum atomic E-state index is 11.9. The number of carbonyl (C=O) groups is 2. The van der Waals surface area contributed by atoms with Crippen molar-refractivity contribution in [3.63, 3.8) is 0 Å². The van der Waals surface area contributed by atoms with Crippen LogP contribution in [0.5, 0.6) is 0 Å². The van der Waals surface area contributed by atoms with Crippen molar-refractivity contribution in [2.75, 3.05) is 5.32 Å². The summed E-state index contributed by atoms with van der Waals surface area (Å²) in [5, 5.41) is 14.6. The third kappa shape index (κ3) is 5.09. The van der Waals surface area contributed by atoms with Crippen LogP contribution < -0.4 is 10.6 Å². The van der Waals surface area contributed by atoms with Gasteiger partial charge in [0.05, 0.1) is 17.1 Å². The summed E-state index contributed by atoms with van der Waals surface area (Å²) in [4.78, 5) is 22.8. The van der Waals surface area contributed by atoms with E-state index in [1.165, 1.54) is 0 Å². The van der Waals surface area contributed by atoms with Crippen LogP contribution in [-0.2, 0) is 4.79 Å². The zero-order valence-corrected chi connectivity index (χ0v) is 12.5. The van der Waals surface area contributed by atoms with E-state index in [0.717, 1.165) is 0 Å². The molecule has 1 aromatic carbocycles. The lowest BCUT2D eigenvalue weighted by molar-refractivity contribution is -0.138. The number of benzene rings is 1. The van der Waals surface area contributed by atoms with E-state index >= 15 is 0 Å². The number of anilines is 1. The molecule has 0 aromatic heterocycles. The lowest BCUT2D eigenvalue weighted by Gasteiger charge is -2.30. The van der Waals surface area contributed by atoms with E-state index in [4.69, 9.17) is 16.7 Å². The molecule has 0 saturated heterocycles. The Morgan fingerprint density at radius 1 is 1.30 bits per heavy atom. The van der Waals surface area contributed by atoms with Crippen LogP contribution in [0, 0.1) is 5.41 Å². The number of rotatable bonds is 4. The number of hydrogen-bond donors (Lipinski definition) is 3. The van der Waals surface area contributed by atoms with Crippen molar-refractivity contribution < 1.29 is 14.7 Å². The van der Waals surface area contributed by atoms with Crippen LogP contribution in [0.15, 0.2) is 24.3 Å². The highest BCUT2D eigenvalue weighted by Gasteiger charge is 2.28. The summed E-state index contributed by atoms with van der Waals surface area (Å²) in [6.07, 6.45) is -0.139. The highest BCUT2D eigenvalue weighted by molar-refractivity contribution is 6.33. The van der Waals surface area contributed by atoms with E-state index in [2.05, 4.69) is 10.6 Å². The van der Waals surface area contributed by atoms with Crippen LogP contribution in [0.25, 0.3) is 0 Å². The largest absolute Gasteiger partial charge is 0.481 e. The van der Waals surface area contributed by atoms with Gasteiger partial charge in [0.2, 0.25) is 0 Å². The second-order valence-corrected chi connectivity index (χ2v) is 6.00. The van der Waals surface area contributed by atoms with Crippen molar-refractivity contribution in [3.8, 4) is 0 Å². The van der Waals surface area contributed by atoms with E-state index in [1.54, 1.807) is 24.3 Å². The van der Waals surface area contributed by atoms with E-state index in [-0.39, 0.29) is 11.8 Å². The van der Waals surface area contributed by atoms with Crippen molar-refractivity contribution >= 4 is 29.3 Å². The van der Waals surface area contributed by atoms with Gasteiger partial charge in [-0.25, -0.2) is 4.79 Å². The molecule has 0 aliphatic rings. The number of carboxylic acids is 1. The molecular formula is C14H19ClN2O3. The Labute approximate surface area is 123 Å². The van der Waals surface area contributed by atoms with E-state index in [1.807, 2.05) is 20.8 Å². The van der Waals surface area contributed by atoms with Crippen molar-refractivity contribution in [1.82, 2.24) is 5.32 Å². The summed E-state index contributed by atoms with van der Waals surface area (Å²) >= 11 is 5.94. The molecule has 1 rings (SSSR count). The lowest BCUT2D eigenvalue weighted by atomic mass is 9.85. The first-order chi connectivity index (χ1) is 9.20. The quantitative estimate of drug-likeness (QED) is 0.797. The maximum absolute atomic E-state index is 11.9. The second kappa shape index (κ2) is 6.61. The number of aliphatic carboxylic acids is 1. The first-order valence-corrected chi connectivity index (χ1v) is 6.62. The molecule has 110 valence electrons. The van der Waals surface area contributed by atoms with Crippen LogP contribution in [0.2, 0.25) is 5.02 Å². The average molecular weight is 299 g/mol. The second-order valence-electron chi connectivity index (χ2n) is 5.59. The first-order valence-electron chi connectivity index (χ1n) is 6.24. The lowest BCUT2D eigenvalue weighted by Crippen LogP contribution is -2.46. The van der Waals surface area contributed by atoms with Crippen molar-refractivity contribution in [2.24, 2.45) is 5.41 Å². The Morgan fingerprint density at radius 3 is 2.40 bits per heavy atom. The topological polar surface area (TPSA) is 78.4 Å². The first kappa shape index (κ1) is 16.3. The van der Waals surface area contributed by atoms with Crippen molar-refractivity contribution in [1.29, 1.82) is 0 Å². The molecule has 2 amide bonds. The standard InChI is InChI=1S/C14H19ClN2O3/c1-14(2,3)11(8-12(18)19)17-13(20)16-10-7-5-4-6-9(10)15/h4-7,11H,8H2,1-3H3,(H,18,19)(H2,16,17,20). The van der Waals surface area contributed by atoms with Gasteiger partial charge in [0.1, 0.15) is 0 Å². The normalized spacial score (nSPS) is 12.6. The zero-order chi connectivity index (χ0) is 15.3. The van der Waals surface area contributed by atoms with Gasteiger partial charge in [-0.3, -0.25) is 4.79 Å². The van der Waals surface area contributed by atoms with Gasteiger partial charge in [0.25, 0.3) is 0 Å². The summed E-state index contributed by atoms with van der Waals surface area (Å²) in [7, 11) is 0. The van der Waals surface area contributed by atoms with Crippen LogP contribution >= 0.6 is 11.6 Å². The molecule has 6 heteroatoms. The zero-order valence-electron chi connectivity index (χ0n) is 11.7. The molecule has 5 nitrogen and oxygen atoms in total. The minimum absolute atomic E-state index is 0.139. The molecule has 3 N–H and O–H groups in total. The molecular weight excluding hydrogens is 280 g/mol. The Hall–Kier alpha value is -1.75. The Morgan fingerprint density at radius 2 is 1.90 bits per heavy atom. The molecule has 1 atom stereocenters. The average Bonchev–Trinajstić information content (AvgIpc) is 2.29. The Balaban J connectivity index is 2.72. The predicted molar refractivity (Wildman–Crippen MR) is 79.1 cm³/mol. The molecule has 20 heavy (non-hydrogen) atoms. The summed E-state index contributed by atoms with van der Waals surface area (Å²) in [6.45, 7) is 5.61. The van der Waals surface area contributed by atoms with Crippen LogP contribution in [0.4, 0.5) is 10.5 Å². The monoisotopic (exact) mass is 298 g/mol. The fraction of sp³-hybridized carbons (Fsp3) is 0.429. The number of halogens is 1. The molecule has 0 fully saturated rings. The van der Waals surface area contributed by atoms with Gasteiger partial charge in [-0.15, -0.1) is 0 Å². The minimum atomic E-state index is -0.956. The summed E-state index contributed by atoms with van der Waals surface area (Å²) in [5.41, 5.74) is 0.116. The van der Waals surface area contributed by atoms with E-state index in [9.17, 15) is 9.59 Å². The molecule has 0 radical (unpaired) electrons. The molecule has 1 aromatic rings. The van der Waals surface area contributed by atoms with Crippen molar-refractivity contribution in [2.45, 2.75) is 33.2 Å². The van der Waals surface area contributed by atoms with Crippen LogP contribution in [0.1, 0.15) is 27.2 Å². The van der Waals surface area contributed by atoms with Gasteiger partial charge in [-0.05, 0) is 17.5 Å². The number of urea groups is 1. The van der Waals surface area contributed by atoms with Gasteiger partial charge >= 0.3 is 12.0 Å².